The van der Waals surface area contributed by atoms with E-state index in [1.54, 1.807) is 18.2 Å². The van der Waals surface area contributed by atoms with E-state index in [-0.39, 0.29) is 11.7 Å². The lowest BCUT2D eigenvalue weighted by Crippen LogP contribution is -2.43. The van der Waals surface area contributed by atoms with Crippen molar-refractivity contribution in [1.29, 1.82) is 0 Å². The third-order valence-corrected chi connectivity index (χ3v) is 4.12. The van der Waals surface area contributed by atoms with Gasteiger partial charge in [0.2, 0.25) is 5.91 Å². The van der Waals surface area contributed by atoms with E-state index in [4.69, 9.17) is 0 Å². The molecule has 1 aromatic rings. The molecule has 1 N–H and O–H groups in total. The van der Waals surface area contributed by atoms with Crippen LogP contribution in [-0.4, -0.2) is 35.7 Å². The molecule has 0 spiro atoms. The van der Waals surface area contributed by atoms with Crippen molar-refractivity contribution < 1.29 is 9.59 Å². The molecule has 4 nitrogen and oxygen atoms in total. The van der Waals surface area contributed by atoms with Crippen molar-refractivity contribution in [3.05, 3.63) is 29.8 Å². The van der Waals surface area contributed by atoms with E-state index >= 15 is 0 Å². The molecule has 1 atom stereocenters. The smallest absolute Gasteiger partial charge is 0.238 e. The van der Waals surface area contributed by atoms with Crippen molar-refractivity contribution in [2.45, 2.75) is 45.6 Å². The van der Waals surface area contributed by atoms with Gasteiger partial charge in [-0.1, -0.05) is 25.5 Å². The molecule has 1 saturated heterocycles. The van der Waals surface area contributed by atoms with Gasteiger partial charge in [0.15, 0.2) is 5.78 Å². The lowest BCUT2D eigenvalue weighted by molar-refractivity contribution is -0.118. The topological polar surface area (TPSA) is 49.4 Å². The standard InChI is InChI=1S/C17H24N2O2/c1-3-16-9-4-5-10-19(16)12-17(21)18-15-8-6-7-14(11-15)13(2)20/h6-8,11,16H,3-5,9-10,12H2,1-2H3,(H,18,21)/t16-/m1/s1. The molecule has 1 amide bonds. The minimum absolute atomic E-state index is 0.00366. The van der Waals surface area contributed by atoms with Crippen molar-refractivity contribution in [2.24, 2.45) is 0 Å². The van der Waals surface area contributed by atoms with Crippen LogP contribution in [0.25, 0.3) is 0 Å². The molecule has 1 heterocycles. The molecule has 1 aromatic carbocycles. The summed E-state index contributed by atoms with van der Waals surface area (Å²) in [4.78, 5) is 25.8. The Morgan fingerprint density at radius 3 is 2.86 bits per heavy atom. The first kappa shape index (κ1) is 15.7. The number of carbonyl (C=O) groups is 2. The van der Waals surface area contributed by atoms with Gasteiger partial charge in [0.25, 0.3) is 0 Å². The number of likely N-dealkylation sites (tertiary alicyclic amines) is 1. The molecule has 0 aromatic heterocycles. The fraction of sp³-hybridized carbons (Fsp3) is 0.529. The van der Waals surface area contributed by atoms with Crippen LogP contribution < -0.4 is 5.32 Å². The Bertz CT molecular complexity index is 513. The minimum Gasteiger partial charge on any atom is -0.325 e. The van der Waals surface area contributed by atoms with Gasteiger partial charge in [-0.3, -0.25) is 14.5 Å². The maximum absolute atomic E-state index is 12.2. The van der Waals surface area contributed by atoms with Crippen LogP contribution in [0.4, 0.5) is 5.69 Å². The molecule has 1 aliphatic heterocycles. The zero-order chi connectivity index (χ0) is 15.2. The minimum atomic E-state index is -0.00366. The molecular weight excluding hydrogens is 264 g/mol. The summed E-state index contributed by atoms with van der Waals surface area (Å²) in [6.07, 6.45) is 4.71. The second-order valence-electron chi connectivity index (χ2n) is 5.71. The highest BCUT2D eigenvalue weighted by Gasteiger charge is 2.22. The molecule has 4 heteroatoms. The molecular formula is C17H24N2O2. The average Bonchev–Trinajstić information content (AvgIpc) is 2.48. The van der Waals surface area contributed by atoms with E-state index in [2.05, 4.69) is 17.1 Å². The van der Waals surface area contributed by atoms with Crippen LogP contribution in [0.5, 0.6) is 0 Å². The first-order chi connectivity index (χ1) is 10.1. The molecule has 0 bridgehead atoms. The Morgan fingerprint density at radius 2 is 2.14 bits per heavy atom. The van der Waals surface area contributed by atoms with Gasteiger partial charge in [0.1, 0.15) is 0 Å². The lowest BCUT2D eigenvalue weighted by Gasteiger charge is -2.34. The first-order valence-electron chi connectivity index (χ1n) is 7.75. The fourth-order valence-electron chi connectivity index (χ4n) is 2.93. The third kappa shape index (κ3) is 4.39. The number of ketones is 1. The normalized spacial score (nSPS) is 19.2. The fourth-order valence-corrected chi connectivity index (χ4v) is 2.93. The van der Waals surface area contributed by atoms with Gasteiger partial charge in [0, 0.05) is 17.3 Å². The number of amides is 1. The van der Waals surface area contributed by atoms with Crippen molar-refractivity contribution in [2.75, 3.05) is 18.4 Å². The van der Waals surface area contributed by atoms with Crippen LogP contribution >= 0.6 is 0 Å². The molecule has 0 radical (unpaired) electrons. The van der Waals surface area contributed by atoms with E-state index in [1.165, 1.54) is 26.2 Å². The van der Waals surface area contributed by atoms with Gasteiger partial charge >= 0.3 is 0 Å². The SMILES string of the molecule is CC[C@@H]1CCCCN1CC(=O)Nc1cccc(C(C)=O)c1. The quantitative estimate of drug-likeness (QED) is 0.847. The highest BCUT2D eigenvalue weighted by molar-refractivity contribution is 5.97. The number of hydrogen-bond donors (Lipinski definition) is 1. The number of anilines is 1. The van der Waals surface area contributed by atoms with E-state index < -0.39 is 0 Å². The van der Waals surface area contributed by atoms with Gasteiger partial charge in [-0.2, -0.15) is 0 Å². The zero-order valence-corrected chi connectivity index (χ0v) is 12.9. The van der Waals surface area contributed by atoms with Crippen molar-refractivity contribution in [3.63, 3.8) is 0 Å². The number of carbonyl (C=O) groups excluding carboxylic acids is 2. The zero-order valence-electron chi connectivity index (χ0n) is 12.9. The predicted molar refractivity (Wildman–Crippen MR) is 84.6 cm³/mol. The van der Waals surface area contributed by atoms with Gasteiger partial charge in [-0.05, 0) is 44.9 Å². The molecule has 21 heavy (non-hydrogen) atoms. The summed E-state index contributed by atoms with van der Waals surface area (Å²) in [6.45, 7) is 5.14. The summed E-state index contributed by atoms with van der Waals surface area (Å²) in [5, 5.41) is 2.90. The molecule has 114 valence electrons. The highest BCUT2D eigenvalue weighted by atomic mass is 16.2. The maximum atomic E-state index is 12.2. The van der Waals surface area contributed by atoms with Gasteiger partial charge in [-0.25, -0.2) is 0 Å². The summed E-state index contributed by atoms with van der Waals surface area (Å²) in [6, 6.07) is 7.62. The first-order valence-corrected chi connectivity index (χ1v) is 7.75. The lowest BCUT2D eigenvalue weighted by atomic mass is 10.00. The third-order valence-electron chi connectivity index (χ3n) is 4.12. The van der Waals surface area contributed by atoms with Gasteiger partial charge in [-0.15, -0.1) is 0 Å². The van der Waals surface area contributed by atoms with E-state index in [0.717, 1.165) is 13.0 Å². The summed E-state index contributed by atoms with van der Waals surface area (Å²) >= 11 is 0. The number of Topliss-reactive ketones (excluding diaryl/α,β-unsaturated/α-hetero) is 1. The van der Waals surface area contributed by atoms with Crippen molar-refractivity contribution in [3.8, 4) is 0 Å². The average molecular weight is 288 g/mol. The van der Waals surface area contributed by atoms with Crippen LogP contribution in [0, 0.1) is 0 Å². The molecule has 0 aliphatic carbocycles. The van der Waals surface area contributed by atoms with Crippen LogP contribution in [-0.2, 0) is 4.79 Å². The Kier molecular flexibility index (Phi) is 5.51. The van der Waals surface area contributed by atoms with Crippen molar-refractivity contribution in [1.82, 2.24) is 4.90 Å². The molecule has 0 unspecified atom stereocenters. The number of nitrogens with zero attached hydrogens (tertiary/aromatic N) is 1. The van der Waals surface area contributed by atoms with Crippen molar-refractivity contribution >= 4 is 17.4 Å². The highest BCUT2D eigenvalue weighted by Crippen LogP contribution is 2.19. The second-order valence-corrected chi connectivity index (χ2v) is 5.71. The van der Waals surface area contributed by atoms with E-state index in [1.807, 2.05) is 6.07 Å². The largest absolute Gasteiger partial charge is 0.325 e. The number of hydrogen-bond acceptors (Lipinski definition) is 3. The number of rotatable bonds is 5. The van der Waals surface area contributed by atoms with Crippen LogP contribution in [0.2, 0.25) is 0 Å². The summed E-state index contributed by atoms with van der Waals surface area (Å²) in [5.74, 6) is 0.00392. The number of piperidine rings is 1. The van der Waals surface area contributed by atoms with E-state index in [0.29, 0.717) is 23.8 Å². The monoisotopic (exact) mass is 288 g/mol. The summed E-state index contributed by atoms with van der Waals surface area (Å²) in [7, 11) is 0. The Morgan fingerprint density at radius 1 is 1.33 bits per heavy atom. The molecule has 0 saturated carbocycles. The van der Waals surface area contributed by atoms with Crippen LogP contribution in [0.15, 0.2) is 24.3 Å². The Labute approximate surface area is 126 Å². The number of benzene rings is 1. The molecule has 1 fully saturated rings. The maximum Gasteiger partial charge on any atom is 0.238 e. The summed E-state index contributed by atoms with van der Waals surface area (Å²) in [5.41, 5.74) is 1.31. The van der Waals surface area contributed by atoms with Gasteiger partial charge in [0.05, 0.1) is 6.54 Å². The Balaban J connectivity index is 1.95. The second kappa shape index (κ2) is 7.36. The number of nitrogens with one attached hydrogen (secondary N) is 1. The Hall–Kier alpha value is -1.68. The summed E-state index contributed by atoms with van der Waals surface area (Å²) < 4.78 is 0. The molecule has 2 rings (SSSR count). The van der Waals surface area contributed by atoms with E-state index in [9.17, 15) is 9.59 Å². The predicted octanol–water partition coefficient (Wildman–Crippen LogP) is 3.09. The van der Waals surface area contributed by atoms with Crippen LogP contribution in [0.3, 0.4) is 0 Å². The van der Waals surface area contributed by atoms with Gasteiger partial charge < -0.3 is 5.32 Å². The van der Waals surface area contributed by atoms with Crippen LogP contribution in [0.1, 0.15) is 49.9 Å². The molecule has 1 aliphatic rings.